The first-order valence-electron chi connectivity index (χ1n) is 11.9. The van der Waals surface area contributed by atoms with E-state index in [2.05, 4.69) is 46.7 Å². The number of nitrogens with one attached hydrogen (secondary N) is 3. The maximum atomic E-state index is 14.7. The number of hydrogen-bond acceptors (Lipinski definition) is 7. The Balaban J connectivity index is 1.20. The first kappa shape index (κ1) is 21.1. The van der Waals surface area contributed by atoms with Gasteiger partial charge in [0.15, 0.2) is 5.82 Å². The SMILES string of the molecule is Fc1cnc(Nc2ccc(CN3CCNCC3)cn2)nc1-c1ccc2n[nH]c(CC3CC3)c2c1. The third-order valence-corrected chi connectivity index (χ3v) is 6.52. The smallest absolute Gasteiger partial charge is 0.229 e. The zero-order valence-electron chi connectivity index (χ0n) is 18.9. The fourth-order valence-electron chi connectivity index (χ4n) is 4.44. The summed E-state index contributed by atoms with van der Waals surface area (Å²) in [6.07, 6.45) is 6.58. The van der Waals surface area contributed by atoms with E-state index in [-0.39, 0.29) is 5.69 Å². The number of piperazine rings is 1. The highest BCUT2D eigenvalue weighted by Gasteiger charge is 2.23. The minimum atomic E-state index is -0.462. The van der Waals surface area contributed by atoms with Crippen LogP contribution in [-0.2, 0) is 13.0 Å². The van der Waals surface area contributed by atoms with E-state index in [1.54, 1.807) is 0 Å². The minimum absolute atomic E-state index is 0.258. The quantitative estimate of drug-likeness (QED) is 0.389. The Morgan fingerprint density at radius 3 is 2.74 bits per heavy atom. The maximum absolute atomic E-state index is 14.7. The average molecular weight is 459 g/mol. The number of benzene rings is 1. The van der Waals surface area contributed by atoms with Crippen LogP contribution in [0.5, 0.6) is 0 Å². The number of nitrogens with zero attached hydrogens (tertiary/aromatic N) is 5. The van der Waals surface area contributed by atoms with Gasteiger partial charge < -0.3 is 10.6 Å². The largest absolute Gasteiger partial charge is 0.314 e. The molecule has 4 heterocycles. The van der Waals surface area contributed by atoms with Gasteiger partial charge in [0.1, 0.15) is 11.5 Å². The Morgan fingerprint density at radius 1 is 1.06 bits per heavy atom. The van der Waals surface area contributed by atoms with Crippen LogP contribution < -0.4 is 10.6 Å². The molecule has 0 atom stereocenters. The van der Waals surface area contributed by atoms with E-state index in [9.17, 15) is 4.39 Å². The van der Waals surface area contributed by atoms with E-state index < -0.39 is 5.82 Å². The number of fused-ring (bicyclic) bond motifs is 1. The van der Waals surface area contributed by atoms with Crippen molar-refractivity contribution >= 4 is 22.7 Å². The summed E-state index contributed by atoms with van der Waals surface area (Å²) in [4.78, 5) is 15.5. The lowest BCUT2D eigenvalue weighted by Crippen LogP contribution is -2.42. The van der Waals surface area contributed by atoms with Crippen LogP contribution in [0.1, 0.15) is 24.1 Å². The van der Waals surface area contributed by atoms with Crippen molar-refractivity contribution in [3.8, 4) is 11.3 Å². The third-order valence-electron chi connectivity index (χ3n) is 6.52. The number of pyridine rings is 1. The second-order valence-corrected chi connectivity index (χ2v) is 9.17. The molecule has 1 aromatic carbocycles. The summed E-state index contributed by atoms with van der Waals surface area (Å²) in [5, 5.41) is 15.0. The number of anilines is 2. The lowest BCUT2D eigenvalue weighted by molar-refractivity contribution is 0.233. The highest BCUT2D eigenvalue weighted by atomic mass is 19.1. The van der Waals surface area contributed by atoms with Crippen molar-refractivity contribution < 1.29 is 4.39 Å². The van der Waals surface area contributed by atoms with Gasteiger partial charge in [0.25, 0.3) is 0 Å². The number of halogens is 1. The van der Waals surface area contributed by atoms with Gasteiger partial charge in [-0.15, -0.1) is 0 Å². The zero-order valence-corrected chi connectivity index (χ0v) is 18.9. The van der Waals surface area contributed by atoms with E-state index in [0.29, 0.717) is 17.3 Å². The van der Waals surface area contributed by atoms with Crippen molar-refractivity contribution in [1.29, 1.82) is 0 Å². The van der Waals surface area contributed by atoms with Crippen LogP contribution in [0.4, 0.5) is 16.2 Å². The van der Waals surface area contributed by atoms with Gasteiger partial charge in [-0.1, -0.05) is 12.1 Å². The van der Waals surface area contributed by atoms with Crippen LogP contribution in [0.15, 0.2) is 42.7 Å². The summed E-state index contributed by atoms with van der Waals surface area (Å²) >= 11 is 0. The average Bonchev–Trinajstić information content (AvgIpc) is 3.60. The molecule has 6 rings (SSSR count). The molecule has 4 aromatic rings. The van der Waals surface area contributed by atoms with Crippen LogP contribution in [-0.4, -0.2) is 56.2 Å². The van der Waals surface area contributed by atoms with Gasteiger partial charge in [-0.25, -0.2) is 19.3 Å². The minimum Gasteiger partial charge on any atom is -0.314 e. The molecule has 1 aliphatic heterocycles. The van der Waals surface area contributed by atoms with Gasteiger partial charge in [0, 0.05) is 55.6 Å². The third kappa shape index (κ3) is 4.62. The molecule has 1 aliphatic carbocycles. The van der Waals surface area contributed by atoms with E-state index >= 15 is 0 Å². The molecule has 2 fully saturated rings. The van der Waals surface area contributed by atoms with Crippen molar-refractivity contribution in [3.63, 3.8) is 0 Å². The fraction of sp³-hybridized carbons (Fsp3) is 0.360. The molecule has 1 saturated carbocycles. The molecule has 0 radical (unpaired) electrons. The normalized spacial score (nSPS) is 16.7. The fourth-order valence-corrected chi connectivity index (χ4v) is 4.44. The second kappa shape index (κ2) is 9.08. The summed E-state index contributed by atoms with van der Waals surface area (Å²) in [5.74, 6) is 1.20. The van der Waals surface area contributed by atoms with Gasteiger partial charge in [-0.05, 0) is 48.9 Å². The van der Waals surface area contributed by atoms with Crippen molar-refractivity contribution in [2.24, 2.45) is 5.92 Å². The second-order valence-electron chi connectivity index (χ2n) is 9.17. The number of rotatable bonds is 7. The van der Waals surface area contributed by atoms with Gasteiger partial charge >= 0.3 is 0 Å². The first-order valence-corrected chi connectivity index (χ1v) is 11.9. The van der Waals surface area contributed by atoms with Gasteiger partial charge in [0.2, 0.25) is 5.95 Å². The number of aromatic amines is 1. The Bertz CT molecular complexity index is 1290. The highest BCUT2D eigenvalue weighted by molar-refractivity contribution is 5.86. The van der Waals surface area contributed by atoms with Gasteiger partial charge in [0.05, 0.1) is 11.7 Å². The predicted molar refractivity (Wildman–Crippen MR) is 129 cm³/mol. The molecule has 0 unspecified atom stereocenters. The van der Waals surface area contributed by atoms with Crippen LogP contribution in [0.2, 0.25) is 0 Å². The van der Waals surface area contributed by atoms with Crippen molar-refractivity contribution in [2.45, 2.75) is 25.8 Å². The molecule has 0 amide bonds. The topological polar surface area (TPSA) is 94.7 Å². The molecule has 3 aromatic heterocycles. The van der Waals surface area contributed by atoms with E-state index in [4.69, 9.17) is 0 Å². The molecular weight excluding hydrogens is 431 g/mol. The molecular formula is C25H27FN8. The van der Waals surface area contributed by atoms with Crippen LogP contribution in [0, 0.1) is 11.7 Å². The summed E-state index contributed by atoms with van der Waals surface area (Å²) < 4.78 is 14.7. The van der Waals surface area contributed by atoms with Crippen LogP contribution in [0.25, 0.3) is 22.2 Å². The molecule has 0 bridgehead atoms. The summed E-state index contributed by atoms with van der Waals surface area (Å²) in [6, 6.07) is 9.68. The molecule has 2 aliphatic rings. The van der Waals surface area contributed by atoms with E-state index in [0.717, 1.165) is 67.2 Å². The first-order chi connectivity index (χ1) is 16.7. The molecule has 0 spiro atoms. The molecule has 3 N–H and O–H groups in total. The maximum Gasteiger partial charge on any atom is 0.229 e. The number of hydrogen-bond donors (Lipinski definition) is 3. The molecule has 174 valence electrons. The Morgan fingerprint density at radius 2 is 1.94 bits per heavy atom. The lowest BCUT2D eigenvalue weighted by Gasteiger charge is -2.27. The van der Waals surface area contributed by atoms with Crippen molar-refractivity contribution in [3.05, 3.63) is 59.8 Å². The Hall–Kier alpha value is -3.43. The van der Waals surface area contributed by atoms with Crippen molar-refractivity contribution in [1.82, 2.24) is 35.4 Å². The molecule has 9 heteroatoms. The van der Waals surface area contributed by atoms with E-state index in [1.807, 2.05) is 30.5 Å². The predicted octanol–water partition coefficient (Wildman–Crippen LogP) is 3.66. The van der Waals surface area contributed by atoms with Crippen molar-refractivity contribution in [2.75, 3.05) is 31.5 Å². The number of H-pyrrole nitrogens is 1. The number of aromatic nitrogens is 5. The summed E-state index contributed by atoms with van der Waals surface area (Å²) in [5.41, 5.74) is 4.11. The van der Waals surface area contributed by atoms with Gasteiger partial charge in [-0.2, -0.15) is 5.10 Å². The highest BCUT2D eigenvalue weighted by Crippen LogP contribution is 2.35. The van der Waals surface area contributed by atoms with Crippen LogP contribution >= 0.6 is 0 Å². The zero-order chi connectivity index (χ0) is 22.9. The summed E-state index contributed by atoms with van der Waals surface area (Å²) in [6.45, 7) is 5.00. The van der Waals surface area contributed by atoms with Crippen LogP contribution in [0.3, 0.4) is 0 Å². The molecule has 1 saturated heterocycles. The van der Waals surface area contributed by atoms with Gasteiger partial charge in [-0.3, -0.25) is 10.00 Å². The summed E-state index contributed by atoms with van der Waals surface area (Å²) in [7, 11) is 0. The molecule has 34 heavy (non-hydrogen) atoms. The molecule has 8 nitrogen and oxygen atoms in total. The van der Waals surface area contributed by atoms with E-state index in [1.165, 1.54) is 19.0 Å². The Labute approximate surface area is 197 Å². The monoisotopic (exact) mass is 458 g/mol. The Kier molecular flexibility index (Phi) is 5.64. The lowest BCUT2D eigenvalue weighted by atomic mass is 10.1. The standard InChI is InChI=1S/C25H27FN8/c26-20-14-29-25(30-23-6-3-17(13-28-23)15-34-9-7-27-8-10-34)31-24(20)18-4-5-21-19(12-18)22(33-32-21)11-16-1-2-16/h3-6,12-14,16,27H,1-2,7-11,15H2,(H,32,33)(H,28,29,30,31).